The smallest absolute Gasteiger partial charge is 0.00320 e. The van der Waals surface area contributed by atoms with Crippen molar-refractivity contribution in [1.82, 2.24) is 5.32 Å². The van der Waals surface area contributed by atoms with Crippen LogP contribution in [0.3, 0.4) is 0 Å². The molecule has 1 heterocycles. The Kier molecular flexibility index (Phi) is 3.03. The molecule has 1 atom stereocenters. The monoisotopic (exact) mass is 223 g/mol. The first kappa shape index (κ1) is 11.0. The number of halogens is 1. The van der Waals surface area contributed by atoms with E-state index in [9.17, 15) is 0 Å². The molecule has 82 valence electrons. The van der Waals surface area contributed by atoms with Gasteiger partial charge in [-0.2, -0.15) is 0 Å². The lowest BCUT2D eigenvalue weighted by Crippen LogP contribution is -2.35. The van der Waals surface area contributed by atoms with Gasteiger partial charge >= 0.3 is 0 Å². The summed E-state index contributed by atoms with van der Waals surface area (Å²) in [5.41, 5.74) is 2.17. The Bertz CT molecular complexity index is 319. The fraction of sp³-hybridized carbons (Fsp3) is 0.538. The van der Waals surface area contributed by atoms with Gasteiger partial charge in [0, 0.05) is 19.0 Å². The minimum atomic E-state index is 0. The zero-order chi connectivity index (χ0) is 9.43. The third-order valence-electron chi connectivity index (χ3n) is 4.12. The molecule has 0 aromatic heterocycles. The standard InChI is InChI=1S/C13H17N.ClH/c1-2-5-11(6-3-1)12-9-14-10-13(12)7-4-8-13;/h1-3,5-6,12,14H,4,7-10H2;1H/t12-;/m0./s1. The zero-order valence-electron chi connectivity index (χ0n) is 8.91. The van der Waals surface area contributed by atoms with Gasteiger partial charge < -0.3 is 5.32 Å². The molecule has 1 aromatic rings. The van der Waals surface area contributed by atoms with Crippen LogP contribution >= 0.6 is 12.4 Å². The summed E-state index contributed by atoms with van der Waals surface area (Å²) in [6.07, 6.45) is 4.30. The predicted molar refractivity (Wildman–Crippen MR) is 65.6 cm³/mol. The van der Waals surface area contributed by atoms with E-state index >= 15 is 0 Å². The van der Waals surface area contributed by atoms with Crippen molar-refractivity contribution in [2.75, 3.05) is 13.1 Å². The zero-order valence-corrected chi connectivity index (χ0v) is 9.72. The minimum absolute atomic E-state index is 0. The molecule has 2 fully saturated rings. The Morgan fingerprint density at radius 3 is 2.47 bits per heavy atom. The number of nitrogens with one attached hydrogen (secondary N) is 1. The summed E-state index contributed by atoms with van der Waals surface area (Å²) in [7, 11) is 0. The normalized spacial score (nSPS) is 27.1. The van der Waals surface area contributed by atoms with Crippen molar-refractivity contribution in [1.29, 1.82) is 0 Å². The summed E-state index contributed by atoms with van der Waals surface area (Å²) >= 11 is 0. The molecule has 1 nitrogen and oxygen atoms in total. The summed E-state index contributed by atoms with van der Waals surface area (Å²) in [4.78, 5) is 0. The van der Waals surface area contributed by atoms with E-state index in [2.05, 4.69) is 35.6 Å². The van der Waals surface area contributed by atoms with Gasteiger partial charge in [0.1, 0.15) is 0 Å². The molecule has 0 amide bonds. The molecular weight excluding hydrogens is 206 g/mol. The van der Waals surface area contributed by atoms with Crippen LogP contribution in [0.4, 0.5) is 0 Å². The van der Waals surface area contributed by atoms with Crippen molar-refractivity contribution in [3.8, 4) is 0 Å². The van der Waals surface area contributed by atoms with Crippen LogP contribution in [0.15, 0.2) is 30.3 Å². The van der Waals surface area contributed by atoms with E-state index in [0.717, 1.165) is 5.92 Å². The maximum atomic E-state index is 3.56. The molecule has 1 aliphatic heterocycles. The molecular formula is C13H18ClN. The van der Waals surface area contributed by atoms with Crippen LogP contribution in [0.2, 0.25) is 0 Å². The van der Waals surface area contributed by atoms with Gasteiger partial charge in [-0.05, 0) is 23.8 Å². The van der Waals surface area contributed by atoms with Crippen LogP contribution in [0.5, 0.6) is 0 Å². The summed E-state index contributed by atoms with van der Waals surface area (Å²) < 4.78 is 0. The van der Waals surface area contributed by atoms with Crippen molar-refractivity contribution in [2.24, 2.45) is 5.41 Å². The Hall–Kier alpha value is -0.530. The van der Waals surface area contributed by atoms with E-state index < -0.39 is 0 Å². The fourth-order valence-corrected chi connectivity index (χ4v) is 3.12. The van der Waals surface area contributed by atoms with Crippen molar-refractivity contribution in [3.05, 3.63) is 35.9 Å². The van der Waals surface area contributed by atoms with Crippen LogP contribution < -0.4 is 5.32 Å². The maximum Gasteiger partial charge on any atom is 0.00320 e. The van der Waals surface area contributed by atoms with Gasteiger partial charge in [-0.15, -0.1) is 12.4 Å². The summed E-state index contributed by atoms with van der Waals surface area (Å²) in [5.74, 6) is 0.775. The van der Waals surface area contributed by atoms with Crippen LogP contribution in [0.1, 0.15) is 30.7 Å². The van der Waals surface area contributed by atoms with E-state index in [4.69, 9.17) is 0 Å². The highest BCUT2D eigenvalue weighted by Crippen LogP contribution is 2.53. The second kappa shape index (κ2) is 4.15. The first-order chi connectivity index (χ1) is 6.91. The average Bonchev–Trinajstić information content (AvgIpc) is 2.62. The van der Waals surface area contributed by atoms with E-state index in [-0.39, 0.29) is 12.4 Å². The molecule has 2 heteroatoms. The second-order valence-corrected chi connectivity index (χ2v) is 4.81. The molecule has 1 saturated heterocycles. The lowest BCUT2D eigenvalue weighted by molar-refractivity contribution is 0.137. The molecule has 1 spiro atoms. The first-order valence-corrected chi connectivity index (χ1v) is 5.66. The van der Waals surface area contributed by atoms with Gasteiger partial charge in [-0.3, -0.25) is 0 Å². The average molecular weight is 224 g/mol. The third-order valence-corrected chi connectivity index (χ3v) is 4.12. The van der Waals surface area contributed by atoms with E-state index in [1.807, 2.05) is 0 Å². The van der Waals surface area contributed by atoms with E-state index in [1.165, 1.54) is 37.9 Å². The van der Waals surface area contributed by atoms with Gasteiger partial charge in [-0.1, -0.05) is 36.8 Å². The highest BCUT2D eigenvalue weighted by Gasteiger charge is 2.47. The topological polar surface area (TPSA) is 12.0 Å². The number of benzene rings is 1. The SMILES string of the molecule is Cl.c1ccc([C@@H]2CNCC23CCC3)cc1. The first-order valence-electron chi connectivity index (χ1n) is 5.66. The number of hydrogen-bond acceptors (Lipinski definition) is 1. The third kappa shape index (κ3) is 1.68. The molecule has 2 aliphatic rings. The quantitative estimate of drug-likeness (QED) is 0.772. The van der Waals surface area contributed by atoms with Gasteiger partial charge in [-0.25, -0.2) is 0 Å². The highest BCUT2D eigenvalue weighted by molar-refractivity contribution is 5.85. The molecule has 1 aliphatic carbocycles. The van der Waals surface area contributed by atoms with Gasteiger partial charge in [0.15, 0.2) is 0 Å². The number of hydrogen-bond donors (Lipinski definition) is 1. The van der Waals surface area contributed by atoms with E-state index in [1.54, 1.807) is 0 Å². The summed E-state index contributed by atoms with van der Waals surface area (Å²) in [6.45, 7) is 2.43. The number of rotatable bonds is 1. The minimum Gasteiger partial charge on any atom is -0.316 e. The molecule has 3 rings (SSSR count). The van der Waals surface area contributed by atoms with Crippen LogP contribution in [0, 0.1) is 5.41 Å². The Labute approximate surface area is 97.7 Å². The molecule has 1 aromatic carbocycles. The van der Waals surface area contributed by atoms with Crippen LogP contribution in [0.25, 0.3) is 0 Å². The predicted octanol–water partition coefficient (Wildman–Crippen LogP) is 2.97. The molecule has 0 unspecified atom stereocenters. The second-order valence-electron chi connectivity index (χ2n) is 4.81. The molecule has 1 N–H and O–H groups in total. The largest absolute Gasteiger partial charge is 0.316 e. The van der Waals surface area contributed by atoms with Gasteiger partial charge in [0.25, 0.3) is 0 Å². The van der Waals surface area contributed by atoms with Crippen LogP contribution in [-0.4, -0.2) is 13.1 Å². The lowest BCUT2D eigenvalue weighted by Gasteiger charge is -2.43. The lowest BCUT2D eigenvalue weighted by atomic mass is 9.61. The van der Waals surface area contributed by atoms with Crippen molar-refractivity contribution < 1.29 is 0 Å². The van der Waals surface area contributed by atoms with Crippen molar-refractivity contribution in [3.63, 3.8) is 0 Å². The van der Waals surface area contributed by atoms with Gasteiger partial charge in [0.05, 0.1) is 0 Å². The Morgan fingerprint density at radius 1 is 1.13 bits per heavy atom. The van der Waals surface area contributed by atoms with Gasteiger partial charge in [0.2, 0.25) is 0 Å². The maximum absolute atomic E-state index is 3.56. The summed E-state index contributed by atoms with van der Waals surface area (Å²) in [5, 5.41) is 3.56. The van der Waals surface area contributed by atoms with Crippen molar-refractivity contribution >= 4 is 12.4 Å². The molecule has 1 saturated carbocycles. The Balaban J connectivity index is 0.000000853. The fourth-order valence-electron chi connectivity index (χ4n) is 3.12. The Morgan fingerprint density at radius 2 is 1.87 bits per heavy atom. The summed E-state index contributed by atoms with van der Waals surface area (Å²) in [6, 6.07) is 11.0. The molecule has 0 bridgehead atoms. The molecule has 15 heavy (non-hydrogen) atoms. The van der Waals surface area contributed by atoms with Crippen molar-refractivity contribution in [2.45, 2.75) is 25.2 Å². The van der Waals surface area contributed by atoms with Crippen LogP contribution in [-0.2, 0) is 0 Å². The highest BCUT2D eigenvalue weighted by atomic mass is 35.5. The molecule has 0 radical (unpaired) electrons. The van der Waals surface area contributed by atoms with E-state index in [0.29, 0.717) is 5.41 Å².